The monoisotopic (exact) mass is 622 g/mol. The average molecular weight is 623 g/mol. The molecular formula is C32H34F4N8O. The second-order valence-corrected chi connectivity index (χ2v) is 13.3. The van der Waals surface area contributed by atoms with Crippen LogP contribution in [0.4, 0.5) is 23.4 Å². The van der Waals surface area contributed by atoms with E-state index in [9.17, 15) is 13.2 Å². The summed E-state index contributed by atoms with van der Waals surface area (Å²) in [5.74, 6) is -0.256. The summed E-state index contributed by atoms with van der Waals surface area (Å²) in [6.45, 7) is 5.92. The average Bonchev–Trinajstić information content (AvgIpc) is 3.75. The van der Waals surface area contributed by atoms with E-state index in [0.717, 1.165) is 53.9 Å². The highest BCUT2D eigenvalue weighted by Gasteiger charge is 2.50. The molecule has 4 aliphatic heterocycles. The number of pyridine rings is 1. The topological polar surface area (TPSA) is 95.1 Å². The SMILES string of the molecule is Cc1cc2[nH]ncc2c(-c2ncc3c(N4C[C@H]5CC[C@@](C=C(F)F)(C4)N5)nc(OCC45CCCN4C[C@H](F)C5)nc3c2F)c1C. The minimum Gasteiger partial charge on any atom is -0.461 e. The molecule has 4 atom stereocenters. The van der Waals surface area contributed by atoms with Gasteiger partial charge in [-0.25, -0.2) is 8.78 Å². The molecule has 8 rings (SSSR count). The summed E-state index contributed by atoms with van der Waals surface area (Å²) < 4.78 is 64.7. The molecule has 0 aliphatic carbocycles. The van der Waals surface area contributed by atoms with Gasteiger partial charge in [0.1, 0.15) is 29.8 Å². The molecule has 0 amide bonds. The molecule has 3 aromatic heterocycles. The normalized spacial score (nSPS) is 27.9. The van der Waals surface area contributed by atoms with Gasteiger partial charge in [-0.2, -0.15) is 23.8 Å². The Kier molecular flexibility index (Phi) is 6.58. The van der Waals surface area contributed by atoms with Crippen LogP contribution in [0.1, 0.15) is 43.2 Å². The van der Waals surface area contributed by atoms with Gasteiger partial charge in [-0.05, 0) is 63.3 Å². The van der Waals surface area contributed by atoms with Crippen molar-refractivity contribution in [1.82, 2.24) is 35.4 Å². The number of rotatable bonds is 6. The van der Waals surface area contributed by atoms with Gasteiger partial charge in [-0.15, -0.1) is 0 Å². The Labute approximate surface area is 257 Å². The Morgan fingerprint density at radius 3 is 2.87 bits per heavy atom. The molecule has 4 aliphatic rings. The quantitative estimate of drug-likeness (QED) is 0.277. The van der Waals surface area contributed by atoms with Crippen LogP contribution in [0.2, 0.25) is 0 Å². The van der Waals surface area contributed by atoms with Gasteiger partial charge < -0.3 is 15.0 Å². The predicted molar refractivity (Wildman–Crippen MR) is 162 cm³/mol. The van der Waals surface area contributed by atoms with Crippen molar-refractivity contribution in [3.05, 3.63) is 47.6 Å². The van der Waals surface area contributed by atoms with Crippen molar-refractivity contribution >= 4 is 27.6 Å². The van der Waals surface area contributed by atoms with Gasteiger partial charge in [0.05, 0.1) is 28.2 Å². The highest BCUT2D eigenvalue weighted by atomic mass is 19.3. The van der Waals surface area contributed by atoms with Crippen LogP contribution in [0.5, 0.6) is 6.01 Å². The predicted octanol–water partition coefficient (Wildman–Crippen LogP) is 5.37. The van der Waals surface area contributed by atoms with Crippen LogP contribution in [-0.4, -0.2) is 86.1 Å². The van der Waals surface area contributed by atoms with Crippen molar-refractivity contribution < 1.29 is 22.3 Å². The summed E-state index contributed by atoms with van der Waals surface area (Å²) in [6.07, 6.45) is 4.90. The molecule has 0 spiro atoms. The molecule has 0 saturated carbocycles. The standard InChI is InChI=1S/C32H34F4N8O/c1-17-8-23-21(12-38-42-23)25(18(17)2)28-26(36)27-22(11-37-28)29(43-14-20-4-6-31(15-43,41-20)10-24(34)35)40-30(39-27)45-16-32-5-3-7-44(32)13-19(33)9-32/h8,10-12,19-20,41H,3-7,9,13-16H2,1-2H3,(H,38,42)/t19-,20-,31-,32?/m1/s1. The van der Waals surface area contributed by atoms with E-state index >= 15 is 4.39 Å². The Morgan fingerprint density at radius 1 is 1.16 bits per heavy atom. The van der Waals surface area contributed by atoms with E-state index in [4.69, 9.17) is 9.72 Å². The van der Waals surface area contributed by atoms with Gasteiger partial charge in [-0.1, -0.05) is 0 Å². The lowest BCUT2D eigenvalue weighted by Crippen LogP contribution is -2.59. The van der Waals surface area contributed by atoms with Crippen molar-refractivity contribution in [3.63, 3.8) is 0 Å². The van der Waals surface area contributed by atoms with E-state index in [1.54, 1.807) is 12.4 Å². The molecule has 2 N–H and O–H groups in total. The zero-order chi connectivity index (χ0) is 31.1. The third kappa shape index (κ3) is 4.65. The molecule has 45 heavy (non-hydrogen) atoms. The molecule has 9 nitrogen and oxygen atoms in total. The number of fused-ring (bicyclic) bond motifs is 5. The number of anilines is 1. The van der Waals surface area contributed by atoms with E-state index < -0.39 is 29.1 Å². The number of aromatic nitrogens is 5. The fraction of sp³-hybridized carbons (Fsp3) is 0.500. The molecule has 4 fully saturated rings. The summed E-state index contributed by atoms with van der Waals surface area (Å²) in [5.41, 5.74) is 1.97. The number of hydrogen-bond acceptors (Lipinski definition) is 8. The zero-order valence-electron chi connectivity index (χ0n) is 25.1. The van der Waals surface area contributed by atoms with Crippen LogP contribution in [0, 0.1) is 19.7 Å². The second-order valence-electron chi connectivity index (χ2n) is 13.3. The highest BCUT2D eigenvalue weighted by molar-refractivity contribution is 5.99. The van der Waals surface area contributed by atoms with Crippen molar-refractivity contribution in [2.75, 3.05) is 37.7 Å². The minimum absolute atomic E-state index is 0.0280. The van der Waals surface area contributed by atoms with Crippen LogP contribution in [0.15, 0.2) is 30.6 Å². The summed E-state index contributed by atoms with van der Waals surface area (Å²) in [7, 11) is 0. The maximum absolute atomic E-state index is 16.8. The summed E-state index contributed by atoms with van der Waals surface area (Å²) in [6, 6.07) is 1.89. The fourth-order valence-corrected chi connectivity index (χ4v) is 8.23. The first-order valence-electron chi connectivity index (χ1n) is 15.5. The number of aromatic amines is 1. The molecule has 1 unspecified atom stereocenters. The Balaban J connectivity index is 1.26. The minimum atomic E-state index is -1.75. The highest BCUT2D eigenvalue weighted by Crippen LogP contribution is 2.42. The van der Waals surface area contributed by atoms with E-state index in [-0.39, 0.29) is 36.4 Å². The molecule has 7 heterocycles. The van der Waals surface area contributed by atoms with Crippen molar-refractivity contribution in [2.45, 2.75) is 69.2 Å². The first-order chi connectivity index (χ1) is 21.6. The third-order valence-electron chi connectivity index (χ3n) is 10.4. The lowest BCUT2D eigenvalue weighted by atomic mass is 9.95. The number of aryl methyl sites for hydroxylation is 1. The molecule has 236 valence electrons. The number of alkyl halides is 1. The Morgan fingerprint density at radius 2 is 2.02 bits per heavy atom. The van der Waals surface area contributed by atoms with Gasteiger partial charge in [0.25, 0.3) is 6.08 Å². The van der Waals surface area contributed by atoms with Gasteiger partial charge in [0, 0.05) is 55.3 Å². The fourth-order valence-electron chi connectivity index (χ4n) is 8.23. The lowest BCUT2D eigenvalue weighted by Gasteiger charge is -2.40. The second kappa shape index (κ2) is 10.3. The number of H-pyrrole nitrogens is 1. The third-order valence-corrected chi connectivity index (χ3v) is 10.4. The first kappa shape index (κ1) is 28.6. The maximum Gasteiger partial charge on any atom is 0.319 e. The number of nitrogens with one attached hydrogen (secondary N) is 2. The van der Waals surface area contributed by atoms with E-state index in [1.165, 1.54) is 0 Å². The van der Waals surface area contributed by atoms with Crippen molar-refractivity contribution in [3.8, 4) is 17.3 Å². The van der Waals surface area contributed by atoms with E-state index in [1.807, 2.05) is 24.8 Å². The van der Waals surface area contributed by atoms with Crippen LogP contribution in [0.25, 0.3) is 33.1 Å². The van der Waals surface area contributed by atoms with Crippen molar-refractivity contribution in [1.29, 1.82) is 0 Å². The largest absolute Gasteiger partial charge is 0.461 e. The van der Waals surface area contributed by atoms with Gasteiger partial charge in [0.2, 0.25) is 0 Å². The maximum atomic E-state index is 16.8. The van der Waals surface area contributed by atoms with E-state index in [2.05, 4.69) is 30.4 Å². The molecule has 4 aromatic rings. The molecule has 0 radical (unpaired) electrons. The number of ether oxygens (including phenoxy) is 1. The number of piperazine rings is 1. The number of hydrogen-bond donors (Lipinski definition) is 2. The number of benzene rings is 1. The molecule has 1 aromatic carbocycles. The molecule has 2 bridgehead atoms. The van der Waals surface area contributed by atoms with Gasteiger partial charge in [-0.3, -0.25) is 15.0 Å². The van der Waals surface area contributed by atoms with E-state index in [0.29, 0.717) is 42.7 Å². The molecule has 4 saturated heterocycles. The summed E-state index contributed by atoms with van der Waals surface area (Å²) in [4.78, 5) is 18.0. The number of nitrogens with zero attached hydrogens (tertiary/aromatic N) is 6. The summed E-state index contributed by atoms with van der Waals surface area (Å²) in [5, 5.41) is 11.6. The van der Waals surface area contributed by atoms with Crippen LogP contribution in [-0.2, 0) is 0 Å². The van der Waals surface area contributed by atoms with Crippen LogP contribution >= 0.6 is 0 Å². The smallest absolute Gasteiger partial charge is 0.319 e. The van der Waals surface area contributed by atoms with Crippen LogP contribution in [0.3, 0.4) is 0 Å². The molecule has 13 heteroatoms. The van der Waals surface area contributed by atoms with Gasteiger partial charge in [0.15, 0.2) is 5.82 Å². The lowest BCUT2D eigenvalue weighted by molar-refractivity contribution is 0.107. The summed E-state index contributed by atoms with van der Waals surface area (Å²) >= 11 is 0. The van der Waals surface area contributed by atoms with Crippen molar-refractivity contribution in [2.24, 2.45) is 0 Å². The van der Waals surface area contributed by atoms with Gasteiger partial charge >= 0.3 is 6.01 Å². The Bertz CT molecular complexity index is 1860. The first-order valence-corrected chi connectivity index (χ1v) is 15.5. The van der Waals surface area contributed by atoms with Crippen LogP contribution < -0.4 is 15.0 Å². The zero-order valence-corrected chi connectivity index (χ0v) is 25.1. The molecular weight excluding hydrogens is 588 g/mol. The Hall–Kier alpha value is -3.84. The number of halogens is 4.